The van der Waals surface area contributed by atoms with Crippen LogP contribution in [0.25, 0.3) is 0 Å². The summed E-state index contributed by atoms with van der Waals surface area (Å²) in [5.41, 5.74) is 4.78. The van der Waals surface area contributed by atoms with Crippen LogP contribution in [0, 0.1) is 17.3 Å². The average molecular weight is 340 g/mol. The fourth-order valence-electron chi connectivity index (χ4n) is 4.36. The molecule has 1 heterocycles. The van der Waals surface area contributed by atoms with Crippen molar-refractivity contribution in [1.29, 1.82) is 0 Å². The van der Waals surface area contributed by atoms with Crippen molar-refractivity contribution in [3.05, 3.63) is 0 Å². The first-order valence-corrected chi connectivity index (χ1v) is 9.02. The van der Waals surface area contributed by atoms with E-state index in [0.29, 0.717) is 32.4 Å². The van der Waals surface area contributed by atoms with Gasteiger partial charge in [-0.2, -0.15) is 0 Å². The number of aliphatic carboxylic acids is 1. The number of carboxylic acids is 1. The Kier molecular flexibility index (Phi) is 5.47. The van der Waals surface area contributed by atoms with Gasteiger partial charge in [0, 0.05) is 19.1 Å². The van der Waals surface area contributed by atoms with Crippen molar-refractivity contribution in [3.63, 3.8) is 0 Å². The fraction of sp³-hybridized carbons (Fsp3) is 0.889. The van der Waals surface area contributed by atoms with Crippen LogP contribution in [0.2, 0.25) is 0 Å². The molecular formula is C18H32N2O4. The Labute approximate surface area is 144 Å². The van der Waals surface area contributed by atoms with E-state index in [1.165, 1.54) is 0 Å². The van der Waals surface area contributed by atoms with Crippen LogP contribution < -0.4 is 5.73 Å². The van der Waals surface area contributed by atoms with E-state index in [9.17, 15) is 14.7 Å². The van der Waals surface area contributed by atoms with E-state index in [4.69, 9.17) is 10.5 Å². The first kappa shape index (κ1) is 19.0. The molecule has 3 N–H and O–H groups in total. The third-order valence-electron chi connectivity index (χ3n) is 5.62. The van der Waals surface area contributed by atoms with Gasteiger partial charge in [-0.3, -0.25) is 4.79 Å². The summed E-state index contributed by atoms with van der Waals surface area (Å²) in [6.07, 6.45) is 3.23. The van der Waals surface area contributed by atoms with Crippen molar-refractivity contribution in [2.75, 3.05) is 13.1 Å². The number of hydrogen-bond acceptors (Lipinski definition) is 4. The van der Waals surface area contributed by atoms with Gasteiger partial charge in [-0.25, -0.2) is 4.79 Å². The molecule has 24 heavy (non-hydrogen) atoms. The summed E-state index contributed by atoms with van der Waals surface area (Å²) in [5, 5.41) is 9.93. The zero-order valence-corrected chi connectivity index (χ0v) is 15.4. The maximum absolute atomic E-state index is 12.3. The summed E-state index contributed by atoms with van der Waals surface area (Å²) < 4.78 is 5.45. The van der Waals surface area contributed by atoms with Gasteiger partial charge in [0.1, 0.15) is 5.60 Å². The Morgan fingerprint density at radius 2 is 1.79 bits per heavy atom. The molecule has 138 valence electrons. The lowest BCUT2D eigenvalue weighted by Gasteiger charge is -2.48. The first-order valence-electron chi connectivity index (χ1n) is 9.02. The molecule has 2 unspecified atom stereocenters. The molecule has 0 aromatic rings. The number of ether oxygens (including phenoxy) is 1. The highest BCUT2D eigenvalue weighted by molar-refractivity contribution is 5.75. The zero-order valence-electron chi connectivity index (χ0n) is 15.4. The topological polar surface area (TPSA) is 92.9 Å². The van der Waals surface area contributed by atoms with Crippen LogP contribution in [0.3, 0.4) is 0 Å². The Morgan fingerprint density at radius 1 is 1.21 bits per heavy atom. The van der Waals surface area contributed by atoms with E-state index in [1.807, 2.05) is 20.8 Å². The van der Waals surface area contributed by atoms with Gasteiger partial charge < -0.3 is 20.5 Å². The second-order valence-electron chi connectivity index (χ2n) is 8.60. The van der Waals surface area contributed by atoms with Gasteiger partial charge in [0.2, 0.25) is 0 Å². The van der Waals surface area contributed by atoms with Crippen molar-refractivity contribution < 1.29 is 19.4 Å². The number of carboxylic acid groups (broad SMARTS) is 1. The summed E-state index contributed by atoms with van der Waals surface area (Å²) in [7, 11) is 0. The summed E-state index contributed by atoms with van der Waals surface area (Å²) in [5.74, 6) is -0.477. The largest absolute Gasteiger partial charge is 0.481 e. The monoisotopic (exact) mass is 340 g/mol. The predicted octanol–water partition coefficient (Wildman–Crippen LogP) is 2.85. The molecule has 1 amide bonds. The first-order chi connectivity index (χ1) is 11.0. The maximum Gasteiger partial charge on any atom is 0.410 e. The molecule has 2 rings (SSSR count). The highest BCUT2D eigenvalue weighted by atomic mass is 16.6. The predicted molar refractivity (Wildman–Crippen MR) is 91.6 cm³/mol. The molecule has 6 heteroatoms. The Morgan fingerprint density at radius 3 is 2.25 bits per heavy atom. The lowest BCUT2D eigenvalue weighted by Crippen LogP contribution is -2.53. The number of likely N-dealkylation sites (tertiary alicyclic amines) is 1. The molecule has 1 aliphatic carbocycles. The number of rotatable bonds is 2. The Hall–Kier alpha value is -1.30. The number of carbonyl (C=O) groups is 2. The minimum Gasteiger partial charge on any atom is -0.481 e. The second-order valence-corrected chi connectivity index (χ2v) is 8.60. The Balaban J connectivity index is 2.06. The third-order valence-corrected chi connectivity index (χ3v) is 5.62. The van der Waals surface area contributed by atoms with Gasteiger partial charge >= 0.3 is 12.1 Å². The van der Waals surface area contributed by atoms with E-state index in [1.54, 1.807) is 4.90 Å². The van der Waals surface area contributed by atoms with Crippen LogP contribution in [0.5, 0.6) is 0 Å². The van der Waals surface area contributed by atoms with Crippen molar-refractivity contribution in [1.82, 2.24) is 4.90 Å². The van der Waals surface area contributed by atoms with Gasteiger partial charge in [-0.15, -0.1) is 0 Å². The second kappa shape index (κ2) is 6.90. The van der Waals surface area contributed by atoms with Gasteiger partial charge in [0.25, 0.3) is 0 Å². The lowest BCUT2D eigenvalue weighted by atomic mass is 9.59. The molecule has 1 saturated carbocycles. The molecule has 2 atom stereocenters. The average Bonchev–Trinajstić information content (AvgIpc) is 2.46. The summed E-state index contributed by atoms with van der Waals surface area (Å²) in [6.45, 7) is 8.73. The van der Waals surface area contributed by atoms with Crippen LogP contribution in [0.1, 0.15) is 59.8 Å². The van der Waals surface area contributed by atoms with Crippen LogP contribution >= 0.6 is 0 Å². The molecule has 0 radical (unpaired) electrons. The van der Waals surface area contributed by atoms with E-state index in [2.05, 4.69) is 6.92 Å². The molecule has 1 aliphatic heterocycles. The minimum absolute atomic E-state index is 0.0844. The lowest BCUT2D eigenvalue weighted by molar-refractivity contribution is -0.159. The third kappa shape index (κ3) is 4.02. The molecule has 1 saturated heterocycles. The smallest absolute Gasteiger partial charge is 0.410 e. The van der Waals surface area contributed by atoms with Crippen LogP contribution in [0.15, 0.2) is 0 Å². The fourth-order valence-corrected chi connectivity index (χ4v) is 4.36. The number of nitrogens with zero attached hydrogens (tertiary/aromatic N) is 1. The molecule has 2 fully saturated rings. The standard InChI is InChI=1S/C18H32N2O4/c1-12-11-20(16(23)24-17(2,3)4)10-7-14(12)18(15(21)22)8-5-13(19)6-9-18/h12-14H,5-11,19H2,1-4H3,(H,21,22). The summed E-state index contributed by atoms with van der Waals surface area (Å²) in [6, 6.07) is 0.120. The van der Waals surface area contributed by atoms with E-state index in [-0.39, 0.29) is 24.0 Å². The summed E-state index contributed by atoms with van der Waals surface area (Å²) >= 11 is 0. The highest BCUT2D eigenvalue weighted by Gasteiger charge is 2.51. The zero-order chi connectivity index (χ0) is 18.1. The molecule has 0 aromatic heterocycles. The summed E-state index contributed by atoms with van der Waals surface area (Å²) in [4.78, 5) is 26.1. The number of amides is 1. The van der Waals surface area contributed by atoms with E-state index >= 15 is 0 Å². The van der Waals surface area contributed by atoms with Crippen molar-refractivity contribution in [3.8, 4) is 0 Å². The number of piperidine rings is 1. The molecule has 2 aliphatic rings. The molecule has 0 spiro atoms. The van der Waals surface area contributed by atoms with Crippen LogP contribution in [-0.4, -0.2) is 46.8 Å². The van der Waals surface area contributed by atoms with Crippen LogP contribution in [-0.2, 0) is 9.53 Å². The van der Waals surface area contributed by atoms with Gasteiger partial charge in [0.15, 0.2) is 0 Å². The molecule has 0 aromatic carbocycles. The molecule has 6 nitrogen and oxygen atoms in total. The normalized spacial score (nSPS) is 34.7. The molecular weight excluding hydrogens is 308 g/mol. The van der Waals surface area contributed by atoms with Crippen LogP contribution in [0.4, 0.5) is 4.79 Å². The van der Waals surface area contributed by atoms with Gasteiger partial charge in [-0.1, -0.05) is 6.92 Å². The van der Waals surface area contributed by atoms with E-state index < -0.39 is 17.0 Å². The minimum atomic E-state index is -0.697. The van der Waals surface area contributed by atoms with Crippen molar-refractivity contribution >= 4 is 12.1 Å². The van der Waals surface area contributed by atoms with Gasteiger partial charge in [0.05, 0.1) is 5.41 Å². The van der Waals surface area contributed by atoms with Gasteiger partial charge in [-0.05, 0) is 64.7 Å². The maximum atomic E-state index is 12.3. The van der Waals surface area contributed by atoms with Crippen molar-refractivity contribution in [2.24, 2.45) is 23.0 Å². The number of nitrogens with two attached hydrogens (primary N) is 1. The quantitative estimate of drug-likeness (QED) is 0.806. The van der Waals surface area contributed by atoms with Crippen molar-refractivity contribution in [2.45, 2.75) is 71.4 Å². The highest BCUT2D eigenvalue weighted by Crippen LogP contribution is 2.48. The van der Waals surface area contributed by atoms with E-state index in [0.717, 1.165) is 12.8 Å². The number of carbonyl (C=O) groups excluding carboxylic acids is 1. The Bertz CT molecular complexity index is 478. The number of hydrogen-bond donors (Lipinski definition) is 2. The SMILES string of the molecule is CC1CN(C(=O)OC(C)(C)C)CCC1C1(C(=O)O)CCC(N)CC1. The molecule has 0 bridgehead atoms.